The first-order chi connectivity index (χ1) is 13.2. The van der Waals surface area contributed by atoms with Gasteiger partial charge < -0.3 is 5.32 Å². The summed E-state index contributed by atoms with van der Waals surface area (Å²) in [5, 5.41) is 3.12. The number of rotatable bonds is 6. The normalized spacial score (nSPS) is 18.4. The van der Waals surface area contributed by atoms with Crippen LogP contribution in [0.15, 0.2) is 48.5 Å². The molecule has 0 spiro atoms. The molecule has 2 fully saturated rings. The molecule has 27 heavy (non-hydrogen) atoms. The summed E-state index contributed by atoms with van der Waals surface area (Å²) in [6.07, 6.45) is 4.33. The second kappa shape index (κ2) is 8.22. The van der Waals surface area contributed by atoms with Crippen LogP contribution in [0.3, 0.4) is 0 Å². The van der Waals surface area contributed by atoms with Crippen LogP contribution in [0, 0.1) is 17.7 Å². The summed E-state index contributed by atoms with van der Waals surface area (Å²) in [4.78, 5) is 14.7. The summed E-state index contributed by atoms with van der Waals surface area (Å²) in [5.41, 5.74) is 2.75. The summed E-state index contributed by atoms with van der Waals surface area (Å²) < 4.78 is 14.2. The Bertz CT molecular complexity index is 794. The van der Waals surface area contributed by atoms with E-state index < -0.39 is 0 Å². The monoisotopic (exact) mass is 366 g/mol. The highest BCUT2D eigenvalue weighted by Crippen LogP contribution is 2.29. The standard InChI is InChI=1S/C23H27FN2O/c24-22-8-4-3-7-21(22)20-6-2-1-5-19(20)16-26-13-11-18(12-14-26)23(27)25-15-17-9-10-17/h1-8,17-18H,9-16H2,(H,25,27). The minimum Gasteiger partial charge on any atom is -0.356 e. The molecule has 0 bridgehead atoms. The van der Waals surface area contributed by atoms with Gasteiger partial charge in [0.25, 0.3) is 0 Å². The lowest BCUT2D eigenvalue weighted by Crippen LogP contribution is -2.40. The van der Waals surface area contributed by atoms with Crippen molar-refractivity contribution in [3.05, 3.63) is 59.9 Å². The topological polar surface area (TPSA) is 32.3 Å². The van der Waals surface area contributed by atoms with E-state index in [9.17, 15) is 9.18 Å². The minimum absolute atomic E-state index is 0.141. The highest BCUT2D eigenvalue weighted by atomic mass is 19.1. The van der Waals surface area contributed by atoms with Crippen LogP contribution in [0.25, 0.3) is 11.1 Å². The fraction of sp³-hybridized carbons (Fsp3) is 0.435. The third-order valence-electron chi connectivity index (χ3n) is 5.80. The van der Waals surface area contributed by atoms with Crippen molar-refractivity contribution in [1.29, 1.82) is 0 Å². The van der Waals surface area contributed by atoms with Crippen molar-refractivity contribution < 1.29 is 9.18 Å². The third kappa shape index (κ3) is 4.56. The molecule has 2 aliphatic rings. The Labute approximate surface area is 160 Å². The van der Waals surface area contributed by atoms with Gasteiger partial charge in [-0.05, 0) is 61.9 Å². The molecule has 1 amide bonds. The molecule has 2 aromatic carbocycles. The number of nitrogens with one attached hydrogen (secondary N) is 1. The van der Waals surface area contributed by atoms with E-state index in [2.05, 4.69) is 16.3 Å². The van der Waals surface area contributed by atoms with E-state index in [0.717, 1.165) is 56.1 Å². The molecule has 1 aliphatic heterocycles. The van der Waals surface area contributed by atoms with Gasteiger partial charge in [0.05, 0.1) is 0 Å². The van der Waals surface area contributed by atoms with Gasteiger partial charge in [0.1, 0.15) is 5.82 Å². The van der Waals surface area contributed by atoms with Gasteiger partial charge in [0.2, 0.25) is 5.91 Å². The zero-order chi connectivity index (χ0) is 18.6. The van der Waals surface area contributed by atoms with Crippen LogP contribution in [0.1, 0.15) is 31.2 Å². The molecule has 3 nitrogen and oxygen atoms in total. The number of halogens is 1. The molecule has 2 aromatic rings. The summed E-state index contributed by atoms with van der Waals surface area (Å²) in [6.45, 7) is 3.47. The average molecular weight is 366 g/mol. The average Bonchev–Trinajstić information content (AvgIpc) is 3.52. The molecule has 1 saturated carbocycles. The van der Waals surface area contributed by atoms with Gasteiger partial charge in [0, 0.05) is 24.6 Å². The number of hydrogen-bond acceptors (Lipinski definition) is 2. The maximum atomic E-state index is 14.2. The third-order valence-corrected chi connectivity index (χ3v) is 5.80. The zero-order valence-electron chi connectivity index (χ0n) is 15.7. The Morgan fingerprint density at radius 1 is 0.963 bits per heavy atom. The molecule has 0 atom stereocenters. The van der Waals surface area contributed by atoms with Crippen LogP contribution < -0.4 is 5.32 Å². The van der Waals surface area contributed by atoms with Crippen LogP contribution in [0.5, 0.6) is 0 Å². The minimum atomic E-state index is -0.184. The Morgan fingerprint density at radius 3 is 2.33 bits per heavy atom. The molecule has 4 heteroatoms. The maximum absolute atomic E-state index is 14.2. The van der Waals surface area contributed by atoms with Crippen LogP contribution >= 0.6 is 0 Å². The highest BCUT2D eigenvalue weighted by molar-refractivity contribution is 5.78. The molecule has 4 rings (SSSR count). The molecular formula is C23H27FN2O. The predicted molar refractivity (Wildman–Crippen MR) is 106 cm³/mol. The number of nitrogens with zero attached hydrogens (tertiary/aromatic N) is 1. The summed E-state index contributed by atoms with van der Waals surface area (Å²) in [5.74, 6) is 0.912. The van der Waals surface area contributed by atoms with Crippen molar-refractivity contribution in [3.63, 3.8) is 0 Å². The summed E-state index contributed by atoms with van der Waals surface area (Å²) in [6, 6.07) is 15.0. The van der Waals surface area contributed by atoms with Crippen molar-refractivity contribution >= 4 is 5.91 Å². The summed E-state index contributed by atoms with van der Waals surface area (Å²) >= 11 is 0. The Morgan fingerprint density at radius 2 is 1.63 bits per heavy atom. The van der Waals surface area contributed by atoms with Gasteiger partial charge in [-0.1, -0.05) is 42.5 Å². The number of carbonyl (C=O) groups is 1. The van der Waals surface area contributed by atoms with Gasteiger partial charge in [0.15, 0.2) is 0 Å². The van der Waals surface area contributed by atoms with Crippen LogP contribution in [0.4, 0.5) is 4.39 Å². The van der Waals surface area contributed by atoms with Crippen molar-refractivity contribution in [3.8, 4) is 11.1 Å². The van der Waals surface area contributed by atoms with E-state index in [-0.39, 0.29) is 17.6 Å². The second-order valence-corrected chi connectivity index (χ2v) is 7.88. The van der Waals surface area contributed by atoms with Crippen LogP contribution in [0.2, 0.25) is 0 Å². The first-order valence-electron chi connectivity index (χ1n) is 10.0. The van der Waals surface area contributed by atoms with E-state index in [1.165, 1.54) is 18.9 Å². The lowest BCUT2D eigenvalue weighted by atomic mass is 9.94. The van der Waals surface area contributed by atoms with E-state index in [1.54, 1.807) is 6.07 Å². The van der Waals surface area contributed by atoms with Gasteiger partial charge in [-0.15, -0.1) is 0 Å². The number of hydrogen-bond donors (Lipinski definition) is 1. The number of likely N-dealkylation sites (tertiary alicyclic amines) is 1. The number of benzene rings is 2. The zero-order valence-corrected chi connectivity index (χ0v) is 15.7. The number of carbonyl (C=O) groups excluding carboxylic acids is 1. The van der Waals surface area contributed by atoms with Crippen molar-refractivity contribution in [1.82, 2.24) is 10.2 Å². The fourth-order valence-corrected chi connectivity index (χ4v) is 3.91. The molecule has 1 N–H and O–H groups in total. The predicted octanol–water partition coefficient (Wildman–Crippen LogP) is 4.23. The largest absolute Gasteiger partial charge is 0.356 e. The second-order valence-electron chi connectivity index (χ2n) is 7.88. The summed E-state index contributed by atoms with van der Waals surface area (Å²) in [7, 11) is 0. The van der Waals surface area contributed by atoms with Gasteiger partial charge in [-0.3, -0.25) is 9.69 Å². The van der Waals surface area contributed by atoms with Crippen molar-refractivity contribution in [2.24, 2.45) is 11.8 Å². The van der Waals surface area contributed by atoms with Gasteiger partial charge in [-0.2, -0.15) is 0 Å². The molecule has 1 saturated heterocycles. The molecule has 1 aliphatic carbocycles. The maximum Gasteiger partial charge on any atom is 0.223 e. The molecule has 0 aromatic heterocycles. The molecule has 0 unspecified atom stereocenters. The number of piperidine rings is 1. The van der Waals surface area contributed by atoms with Crippen LogP contribution in [-0.4, -0.2) is 30.4 Å². The Kier molecular flexibility index (Phi) is 5.53. The van der Waals surface area contributed by atoms with Gasteiger partial charge in [-0.25, -0.2) is 4.39 Å². The van der Waals surface area contributed by atoms with Gasteiger partial charge >= 0.3 is 0 Å². The quantitative estimate of drug-likeness (QED) is 0.830. The Balaban J connectivity index is 1.37. The molecule has 0 radical (unpaired) electrons. The molecule has 1 heterocycles. The molecule has 142 valence electrons. The Hall–Kier alpha value is -2.20. The van der Waals surface area contributed by atoms with Crippen LogP contribution in [-0.2, 0) is 11.3 Å². The fourth-order valence-electron chi connectivity index (χ4n) is 3.91. The number of amides is 1. The first kappa shape index (κ1) is 18.2. The van der Waals surface area contributed by atoms with E-state index >= 15 is 0 Å². The lowest BCUT2D eigenvalue weighted by molar-refractivity contribution is -0.126. The van der Waals surface area contributed by atoms with E-state index in [4.69, 9.17) is 0 Å². The first-order valence-corrected chi connectivity index (χ1v) is 10.0. The SMILES string of the molecule is O=C(NCC1CC1)C1CCN(Cc2ccccc2-c2ccccc2F)CC1. The van der Waals surface area contributed by atoms with Crippen molar-refractivity contribution in [2.75, 3.05) is 19.6 Å². The molecular weight excluding hydrogens is 339 g/mol. The lowest BCUT2D eigenvalue weighted by Gasteiger charge is -2.31. The van der Waals surface area contributed by atoms with E-state index in [1.807, 2.05) is 30.3 Å². The smallest absolute Gasteiger partial charge is 0.223 e. The van der Waals surface area contributed by atoms with Crippen molar-refractivity contribution in [2.45, 2.75) is 32.2 Å². The van der Waals surface area contributed by atoms with E-state index in [0.29, 0.717) is 5.56 Å². The highest BCUT2D eigenvalue weighted by Gasteiger charge is 2.27.